The minimum atomic E-state index is -3.44. The summed E-state index contributed by atoms with van der Waals surface area (Å²) in [5, 5.41) is 3.71. The van der Waals surface area contributed by atoms with Crippen molar-refractivity contribution in [2.75, 3.05) is 6.54 Å². The van der Waals surface area contributed by atoms with Crippen LogP contribution in [0.5, 0.6) is 0 Å². The summed E-state index contributed by atoms with van der Waals surface area (Å²) in [5.74, 6) is 0.787. The van der Waals surface area contributed by atoms with Crippen molar-refractivity contribution in [2.24, 2.45) is 0 Å². The number of hydrogen-bond acceptors (Lipinski definition) is 4. The Labute approximate surface area is 111 Å². The van der Waals surface area contributed by atoms with Gasteiger partial charge in [-0.3, -0.25) is 0 Å². The van der Waals surface area contributed by atoms with Gasteiger partial charge in [-0.25, -0.2) is 8.42 Å². The van der Waals surface area contributed by atoms with E-state index in [2.05, 4.69) is 5.16 Å². The maximum absolute atomic E-state index is 12.5. The van der Waals surface area contributed by atoms with E-state index in [-0.39, 0.29) is 0 Å². The van der Waals surface area contributed by atoms with Gasteiger partial charge >= 0.3 is 0 Å². The minimum Gasteiger partial charge on any atom is -0.361 e. The number of aromatic nitrogens is 1. The first-order valence-corrected chi connectivity index (χ1v) is 7.50. The molecule has 0 saturated heterocycles. The van der Waals surface area contributed by atoms with Crippen molar-refractivity contribution in [3.8, 4) is 0 Å². The van der Waals surface area contributed by atoms with Crippen LogP contribution in [0.15, 0.2) is 39.9 Å². The first kappa shape index (κ1) is 12.4. The average molecular weight is 278 g/mol. The van der Waals surface area contributed by atoms with Crippen LogP contribution in [0.2, 0.25) is 0 Å². The molecule has 0 radical (unpaired) electrons. The Hall–Kier alpha value is -1.66. The van der Waals surface area contributed by atoms with Crippen LogP contribution in [0.1, 0.15) is 16.9 Å². The molecule has 100 valence electrons. The molecule has 1 aliphatic heterocycles. The quantitative estimate of drug-likeness (QED) is 0.839. The molecule has 3 rings (SSSR count). The molecule has 0 aliphatic carbocycles. The van der Waals surface area contributed by atoms with Crippen LogP contribution in [0.25, 0.3) is 0 Å². The summed E-state index contributed by atoms with van der Waals surface area (Å²) in [4.78, 5) is 0.331. The molecule has 0 bridgehead atoms. The summed E-state index contributed by atoms with van der Waals surface area (Å²) in [6, 6.07) is 6.91. The maximum atomic E-state index is 12.5. The van der Waals surface area contributed by atoms with E-state index in [0.29, 0.717) is 24.4 Å². The number of rotatable bonds is 2. The molecule has 19 heavy (non-hydrogen) atoms. The van der Waals surface area contributed by atoms with Gasteiger partial charge in [0.25, 0.3) is 0 Å². The molecule has 1 aromatic heterocycles. The molecule has 5 nitrogen and oxygen atoms in total. The minimum absolute atomic E-state index is 0.328. The molecule has 0 amide bonds. The fourth-order valence-electron chi connectivity index (χ4n) is 2.18. The number of aryl methyl sites for hydroxylation is 1. The highest BCUT2D eigenvalue weighted by molar-refractivity contribution is 7.89. The zero-order chi connectivity index (χ0) is 13.5. The molecule has 0 fully saturated rings. The van der Waals surface area contributed by atoms with E-state index in [9.17, 15) is 8.42 Å². The lowest BCUT2D eigenvalue weighted by atomic mass is 10.1. The topological polar surface area (TPSA) is 63.4 Å². The lowest BCUT2D eigenvalue weighted by Gasteiger charge is -2.24. The van der Waals surface area contributed by atoms with E-state index in [0.717, 1.165) is 16.9 Å². The van der Waals surface area contributed by atoms with Gasteiger partial charge in [0.15, 0.2) is 0 Å². The van der Waals surface area contributed by atoms with Crippen LogP contribution >= 0.6 is 0 Å². The van der Waals surface area contributed by atoms with Gasteiger partial charge in [0.1, 0.15) is 5.76 Å². The summed E-state index contributed by atoms with van der Waals surface area (Å²) in [6.07, 6.45) is 2.16. The summed E-state index contributed by atoms with van der Waals surface area (Å²) in [5.41, 5.74) is 1.89. The Balaban J connectivity index is 1.92. The fourth-order valence-corrected chi connectivity index (χ4v) is 3.60. The van der Waals surface area contributed by atoms with Crippen LogP contribution in [-0.4, -0.2) is 24.4 Å². The van der Waals surface area contributed by atoms with Crippen LogP contribution in [0.4, 0.5) is 0 Å². The predicted octanol–water partition coefficient (Wildman–Crippen LogP) is 1.73. The third-order valence-corrected chi connectivity index (χ3v) is 5.18. The van der Waals surface area contributed by atoms with E-state index in [4.69, 9.17) is 4.52 Å². The molecule has 6 heteroatoms. The van der Waals surface area contributed by atoms with Crippen LogP contribution in [0, 0.1) is 6.92 Å². The van der Waals surface area contributed by atoms with E-state index < -0.39 is 10.0 Å². The smallest absolute Gasteiger partial charge is 0.243 e. The van der Waals surface area contributed by atoms with Crippen LogP contribution in [-0.2, 0) is 23.0 Å². The highest BCUT2D eigenvalue weighted by Crippen LogP contribution is 2.24. The Kier molecular flexibility index (Phi) is 2.91. The lowest BCUT2D eigenvalue weighted by Crippen LogP contribution is -2.35. The fraction of sp³-hybridized carbons (Fsp3) is 0.308. The molecular weight excluding hydrogens is 264 g/mol. The number of sulfonamides is 1. The van der Waals surface area contributed by atoms with Crippen LogP contribution in [0.3, 0.4) is 0 Å². The van der Waals surface area contributed by atoms with Crippen molar-refractivity contribution in [3.05, 3.63) is 47.3 Å². The molecule has 0 spiro atoms. The number of benzene rings is 1. The van der Waals surface area contributed by atoms with Gasteiger partial charge in [-0.2, -0.15) is 4.31 Å². The molecular formula is C13H14N2O3S. The van der Waals surface area contributed by atoms with Crippen molar-refractivity contribution in [2.45, 2.75) is 24.8 Å². The SMILES string of the molecule is Cc1ccc(S(=O)(=O)N2CCc3oncc3C2)cc1. The highest BCUT2D eigenvalue weighted by Gasteiger charge is 2.29. The van der Waals surface area contributed by atoms with E-state index in [1.54, 1.807) is 18.3 Å². The Bertz CT molecular complexity index is 689. The molecule has 0 saturated carbocycles. The van der Waals surface area contributed by atoms with Crippen molar-refractivity contribution < 1.29 is 12.9 Å². The summed E-state index contributed by atoms with van der Waals surface area (Å²) in [6.45, 7) is 2.69. The van der Waals surface area contributed by atoms with Gasteiger partial charge in [0, 0.05) is 25.1 Å². The molecule has 1 aromatic carbocycles. The van der Waals surface area contributed by atoms with Gasteiger partial charge in [0.05, 0.1) is 11.1 Å². The van der Waals surface area contributed by atoms with Crippen LogP contribution < -0.4 is 0 Å². The standard InChI is InChI=1S/C13H14N2O3S/c1-10-2-4-12(5-3-10)19(16,17)15-7-6-13-11(9-15)8-14-18-13/h2-5,8H,6-7,9H2,1H3. The Morgan fingerprint density at radius 3 is 2.74 bits per heavy atom. The average Bonchev–Trinajstić information content (AvgIpc) is 2.86. The van der Waals surface area contributed by atoms with Crippen molar-refractivity contribution in [1.29, 1.82) is 0 Å². The Morgan fingerprint density at radius 2 is 2.00 bits per heavy atom. The maximum Gasteiger partial charge on any atom is 0.243 e. The third kappa shape index (κ3) is 2.17. The van der Waals surface area contributed by atoms with Gasteiger partial charge < -0.3 is 4.52 Å². The molecule has 0 atom stereocenters. The first-order chi connectivity index (χ1) is 9.07. The molecule has 0 unspecified atom stereocenters. The lowest BCUT2D eigenvalue weighted by molar-refractivity contribution is 0.331. The largest absolute Gasteiger partial charge is 0.361 e. The number of fused-ring (bicyclic) bond motifs is 1. The monoisotopic (exact) mass is 278 g/mol. The zero-order valence-corrected chi connectivity index (χ0v) is 11.4. The molecule has 1 aliphatic rings. The van der Waals surface area contributed by atoms with Crippen molar-refractivity contribution in [3.63, 3.8) is 0 Å². The summed E-state index contributed by atoms with van der Waals surface area (Å²) >= 11 is 0. The second-order valence-corrected chi connectivity index (χ2v) is 6.61. The summed E-state index contributed by atoms with van der Waals surface area (Å²) < 4.78 is 31.5. The van der Waals surface area contributed by atoms with Crippen molar-refractivity contribution >= 4 is 10.0 Å². The molecule has 0 N–H and O–H groups in total. The summed E-state index contributed by atoms with van der Waals surface area (Å²) in [7, 11) is -3.44. The number of nitrogens with zero attached hydrogens (tertiary/aromatic N) is 2. The predicted molar refractivity (Wildman–Crippen MR) is 69.0 cm³/mol. The van der Waals surface area contributed by atoms with E-state index in [1.807, 2.05) is 19.1 Å². The molecule has 2 aromatic rings. The number of hydrogen-bond donors (Lipinski definition) is 0. The third-order valence-electron chi connectivity index (χ3n) is 3.32. The highest BCUT2D eigenvalue weighted by atomic mass is 32.2. The van der Waals surface area contributed by atoms with E-state index in [1.165, 1.54) is 4.31 Å². The van der Waals surface area contributed by atoms with Gasteiger partial charge in [-0.1, -0.05) is 22.9 Å². The van der Waals surface area contributed by atoms with Gasteiger partial charge in [-0.15, -0.1) is 0 Å². The van der Waals surface area contributed by atoms with Crippen molar-refractivity contribution in [1.82, 2.24) is 9.46 Å². The van der Waals surface area contributed by atoms with Gasteiger partial charge in [-0.05, 0) is 19.1 Å². The van der Waals surface area contributed by atoms with Gasteiger partial charge in [0.2, 0.25) is 10.0 Å². The Morgan fingerprint density at radius 1 is 1.26 bits per heavy atom. The second kappa shape index (κ2) is 4.47. The zero-order valence-electron chi connectivity index (χ0n) is 10.5. The first-order valence-electron chi connectivity index (χ1n) is 6.06. The molecule has 2 heterocycles. The second-order valence-electron chi connectivity index (χ2n) is 4.68. The normalized spacial score (nSPS) is 16.3. The van der Waals surface area contributed by atoms with E-state index >= 15 is 0 Å².